The topological polar surface area (TPSA) is 46.2 Å². The van der Waals surface area contributed by atoms with Crippen LogP contribution in [0.1, 0.15) is 25.0 Å². The lowest BCUT2D eigenvalue weighted by Gasteiger charge is -2.18. The van der Waals surface area contributed by atoms with E-state index in [9.17, 15) is 9.50 Å². The molecule has 1 aromatic rings. The van der Waals surface area contributed by atoms with Gasteiger partial charge in [-0.05, 0) is 24.6 Å². The molecule has 0 saturated carbocycles. The zero-order valence-corrected chi connectivity index (χ0v) is 8.63. The predicted octanol–water partition coefficient (Wildman–Crippen LogP) is 2.25. The van der Waals surface area contributed by atoms with Gasteiger partial charge in [0.05, 0.1) is 6.10 Å². The first-order chi connectivity index (χ1) is 6.56. The summed E-state index contributed by atoms with van der Waals surface area (Å²) in [7, 11) is 0. The maximum absolute atomic E-state index is 12.9. The molecule has 0 spiro atoms. The SMILES string of the molecule is CC[C@@H](N)[C@@H](O)c1cc(F)ccc1Cl. The first-order valence-corrected chi connectivity index (χ1v) is 4.82. The average Bonchev–Trinajstić information content (AvgIpc) is 2.19. The lowest BCUT2D eigenvalue weighted by Crippen LogP contribution is -2.27. The molecule has 4 heteroatoms. The van der Waals surface area contributed by atoms with Gasteiger partial charge >= 0.3 is 0 Å². The summed E-state index contributed by atoms with van der Waals surface area (Å²) < 4.78 is 12.9. The Kier molecular flexibility index (Phi) is 3.86. The Bertz CT molecular complexity index is 319. The van der Waals surface area contributed by atoms with Gasteiger partial charge in [-0.15, -0.1) is 0 Å². The van der Waals surface area contributed by atoms with Crippen LogP contribution in [0.15, 0.2) is 18.2 Å². The van der Waals surface area contributed by atoms with Crippen LogP contribution in [-0.2, 0) is 0 Å². The molecule has 0 unspecified atom stereocenters. The highest BCUT2D eigenvalue weighted by Gasteiger charge is 2.18. The molecule has 3 N–H and O–H groups in total. The Hall–Kier alpha value is -0.640. The second-order valence-corrected chi connectivity index (χ2v) is 3.59. The molecule has 0 aliphatic rings. The number of hydrogen-bond donors (Lipinski definition) is 2. The molecule has 2 atom stereocenters. The standard InChI is InChI=1S/C10H13ClFNO/c1-2-9(13)10(14)7-5-6(12)3-4-8(7)11/h3-5,9-10,14H,2,13H2,1H3/t9-,10+/m1/s1. The van der Waals surface area contributed by atoms with Crippen LogP contribution in [0.3, 0.4) is 0 Å². The summed E-state index contributed by atoms with van der Waals surface area (Å²) in [5.41, 5.74) is 5.98. The largest absolute Gasteiger partial charge is 0.387 e. The van der Waals surface area contributed by atoms with Crippen LogP contribution in [0.25, 0.3) is 0 Å². The summed E-state index contributed by atoms with van der Waals surface area (Å²) in [4.78, 5) is 0. The van der Waals surface area contributed by atoms with Gasteiger partial charge in [0.25, 0.3) is 0 Å². The highest BCUT2D eigenvalue weighted by Crippen LogP contribution is 2.26. The second kappa shape index (κ2) is 4.73. The molecule has 1 rings (SSSR count). The fraction of sp³-hybridized carbons (Fsp3) is 0.400. The quantitative estimate of drug-likeness (QED) is 0.816. The second-order valence-electron chi connectivity index (χ2n) is 3.18. The van der Waals surface area contributed by atoms with Gasteiger partial charge in [-0.25, -0.2) is 4.39 Å². The maximum Gasteiger partial charge on any atom is 0.123 e. The van der Waals surface area contributed by atoms with Crippen molar-refractivity contribution < 1.29 is 9.50 Å². The van der Waals surface area contributed by atoms with E-state index < -0.39 is 18.0 Å². The van der Waals surface area contributed by atoms with E-state index in [1.165, 1.54) is 18.2 Å². The van der Waals surface area contributed by atoms with Crippen molar-refractivity contribution in [3.8, 4) is 0 Å². The van der Waals surface area contributed by atoms with Crippen molar-refractivity contribution >= 4 is 11.6 Å². The monoisotopic (exact) mass is 217 g/mol. The third kappa shape index (κ3) is 2.44. The first-order valence-electron chi connectivity index (χ1n) is 4.44. The lowest BCUT2D eigenvalue weighted by atomic mass is 10.0. The van der Waals surface area contributed by atoms with Crippen LogP contribution in [0.5, 0.6) is 0 Å². The van der Waals surface area contributed by atoms with E-state index >= 15 is 0 Å². The molecule has 0 saturated heterocycles. The summed E-state index contributed by atoms with van der Waals surface area (Å²) in [6, 6.07) is 3.45. The van der Waals surface area contributed by atoms with Gasteiger partial charge in [0.1, 0.15) is 5.82 Å². The van der Waals surface area contributed by atoms with Crippen molar-refractivity contribution in [2.75, 3.05) is 0 Å². The van der Waals surface area contributed by atoms with Gasteiger partial charge in [0.15, 0.2) is 0 Å². The van der Waals surface area contributed by atoms with E-state index in [0.29, 0.717) is 17.0 Å². The molecule has 0 aliphatic heterocycles. The van der Waals surface area contributed by atoms with E-state index in [2.05, 4.69) is 0 Å². The minimum absolute atomic E-state index is 0.336. The minimum Gasteiger partial charge on any atom is -0.387 e. The van der Waals surface area contributed by atoms with Gasteiger partial charge < -0.3 is 10.8 Å². The van der Waals surface area contributed by atoms with E-state index in [1.54, 1.807) is 0 Å². The summed E-state index contributed by atoms with van der Waals surface area (Å²) in [6.45, 7) is 1.85. The summed E-state index contributed by atoms with van der Waals surface area (Å²) in [5.74, 6) is -0.424. The van der Waals surface area contributed by atoms with Crippen molar-refractivity contribution in [3.05, 3.63) is 34.6 Å². The highest BCUT2D eigenvalue weighted by molar-refractivity contribution is 6.31. The summed E-state index contributed by atoms with van der Waals surface area (Å²) in [5, 5.41) is 10.1. The van der Waals surface area contributed by atoms with Crippen molar-refractivity contribution in [3.63, 3.8) is 0 Å². The highest BCUT2D eigenvalue weighted by atomic mass is 35.5. The number of nitrogens with two attached hydrogens (primary N) is 1. The molecular formula is C10H13ClFNO. The van der Waals surface area contributed by atoms with Crippen LogP contribution in [-0.4, -0.2) is 11.1 Å². The molecule has 0 fully saturated rings. The van der Waals surface area contributed by atoms with Crippen LogP contribution in [0.2, 0.25) is 5.02 Å². The fourth-order valence-electron chi connectivity index (χ4n) is 1.20. The van der Waals surface area contributed by atoms with Gasteiger partial charge in [-0.2, -0.15) is 0 Å². The normalized spacial score (nSPS) is 15.2. The Morgan fingerprint density at radius 2 is 2.21 bits per heavy atom. The van der Waals surface area contributed by atoms with Crippen molar-refractivity contribution in [2.45, 2.75) is 25.5 Å². The number of hydrogen-bond acceptors (Lipinski definition) is 2. The van der Waals surface area contributed by atoms with E-state index in [-0.39, 0.29) is 0 Å². The van der Waals surface area contributed by atoms with Crippen LogP contribution in [0.4, 0.5) is 4.39 Å². The van der Waals surface area contributed by atoms with E-state index in [1.807, 2.05) is 6.92 Å². The molecule has 0 amide bonds. The molecule has 2 nitrogen and oxygen atoms in total. The number of rotatable bonds is 3. The summed E-state index contributed by atoms with van der Waals surface area (Å²) >= 11 is 5.81. The molecule has 78 valence electrons. The van der Waals surface area contributed by atoms with Crippen LogP contribution in [0, 0.1) is 5.82 Å². The number of benzene rings is 1. The average molecular weight is 218 g/mol. The smallest absolute Gasteiger partial charge is 0.123 e. The molecule has 0 heterocycles. The van der Waals surface area contributed by atoms with Gasteiger partial charge in [-0.3, -0.25) is 0 Å². The first kappa shape index (κ1) is 11.4. The molecule has 14 heavy (non-hydrogen) atoms. The Balaban J connectivity index is 2.99. The number of halogens is 2. The zero-order valence-electron chi connectivity index (χ0n) is 7.87. The molecule has 1 aromatic carbocycles. The molecule has 0 bridgehead atoms. The minimum atomic E-state index is -0.914. The third-order valence-corrected chi connectivity index (χ3v) is 2.50. The number of aliphatic hydroxyl groups is 1. The van der Waals surface area contributed by atoms with E-state index in [0.717, 1.165) is 0 Å². The lowest BCUT2D eigenvalue weighted by molar-refractivity contribution is 0.144. The third-order valence-electron chi connectivity index (χ3n) is 2.15. The molecule has 0 aromatic heterocycles. The predicted molar refractivity (Wildman–Crippen MR) is 54.6 cm³/mol. The van der Waals surface area contributed by atoms with Crippen molar-refractivity contribution in [2.24, 2.45) is 5.73 Å². The fourth-order valence-corrected chi connectivity index (χ4v) is 1.42. The number of aliphatic hydroxyl groups excluding tert-OH is 1. The summed E-state index contributed by atoms with van der Waals surface area (Å²) in [6.07, 6.45) is -0.309. The van der Waals surface area contributed by atoms with E-state index in [4.69, 9.17) is 17.3 Å². The van der Waals surface area contributed by atoms with Crippen molar-refractivity contribution in [1.29, 1.82) is 0 Å². The van der Waals surface area contributed by atoms with Gasteiger partial charge in [0.2, 0.25) is 0 Å². The maximum atomic E-state index is 12.9. The van der Waals surface area contributed by atoms with Crippen molar-refractivity contribution in [1.82, 2.24) is 0 Å². The Morgan fingerprint density at radius 1 is 1.57 bits per heavy atom. The zero-order chi connectivity index (χ0) is 10.7. The Morgan fingerprint density at radius 3 is 2.79 bits per heavy atom. The van der Waals surface area contributed by atoms with Gasteiger partial charge in [0, 0.05) is 16.6 Å². The van der Waals surface area contributed by atoms with Crippen LogP contribution >= 0.6 is 11.6 Å². The van der Waals surface area contributed by atoms with Crippen LogP contribution < -0.4 is 5.73 Å². The molecular weight excluding hydrogens is 205 g/mol. The molecule has 0 radical (unpaired) electrons. The molecule has 0 aliphatic carbocycles. The van der Waals surface area contributed by atoms with Gasteiger partial charge in [-0.1, -0.05) is 18.5 Å². The Labute approximate surface area is 87.5 Å².